The molecule has 0 bridgehead atoms. The van der Waals surface area contributed by atoms with Crippen molar-refractivity contribution in [1.29, 1.82) is 0 Å². The lowest BCUT2D eigenvalue weighted by atomic mass is 9.89. The first-order valence-corrected chi connectivity index (χ1v) is 44.5. The van der Waals surface area contributed by atoms with Gasteiger partial charge in [0.15, 0.2) is 0 Å². The summed E-state index contributed by atoms with van der Waals surface area (Å²) >= 11 is 0. The highest BCUT2D eigenvalue weighted by Crippen LogP contribution is 2.34. The number of hydrogen-bond acceptors (Lipinski definition) is 20. The van der Waals surface area contributed by atoms with Gasteiger partial charge in [0, 0.05) is 66.3 Å². The second kappa shape index (κ2) is 59.2. The van der Waals surface area contributed by atoms with E-state index in [1.165, 1.54) is 33.5 Å². The third-order valence-corrected chi connectivity index (χ3v) is 22.9. The van der Waals surface area contributed by atoms with Crippen molar-refractivity contribution in [1.82, 2.24) is 0 Å². The molecular weight excluding hydrogens is 1640 g/mol. The molecule has 0 unspecified atom stereocenters. The molecule has 0 aliphatic carbocycles. The molecule has 0 fully saturated rings. The monoisotopic (exact) mass is 1810 g/mol. The highest BCUT2D eigenvalue weighted by atomic mass is 16.5. The minimum absolute atomic E-state index is 0.00399. The van der Waals surface area contributed by atoms with Crippen LogP contribution in [0.5, 0.6) is 23.0 Å². The number of carboxylic acids is 1. The lowest BCUT2D eigenvalue weighted by molar-refractivity contribution is -0.154. The number of carbonyl (C=O) groups excluding carboxylic acids is 10. The molecule has 129 heavy (non-hydrogen) atoms. The van der Waals surface area contributed by atoms with Gasteiger partial charge in [-0.05, 0) is 256 Å². The molecular formula is C103H163N5O21. The molecule has 0 saturated heterocycles. The summed E-state index contributed by atoms with van der Waals surface area (Å²) in [6.07, 6.45) is 8.89. The van der Waals surface area contributed by atoms with Crippen molar-refractivity contribution in [2.75, 3.05) is 61.1 Å². The zero-order chi connectivity index (χ0) is 101. The molecule has 0 heterocycles. The van der Waals surface area contributed by atoms with Crippen LogP contribution >= 0.6 is 0 Å². The number of esters is 5. The Hall–Kier alpha value is -11.0. The van der Waals surface area contributed by atoms with Gasteiger partial charge in [0.25, 0.3) is 0 Å². The molecule has 0 aliphatic heterocycles. The van der Waals surface area contributed by atoms with Crippen LogP contribution in [0.3, 0.4) is 0 Å². The van der Waals surface area contributed by atoms with E-state index in [9.17, 15) is 57.8 Å². The van der Waals surface area contributed by atoms with Crippen LogP contribution in [0.2, 0.25) is 0 Å². The average molecular weight is 1810 g/mol. The maximum Gasteiger partial charge on any atom is 0.335 e. The SMILES string of the molecule is CCC(C)(C)C(=O)Nc1ccc(C(=O)O)cc1.CCC(C)(C)C(=O)Nc1ccc(O)c2ccccc12.CCC(C)(C)C(=O)Nc1ccc(O)cc1.CCC(C)(C)C(=O)Nc1ccc(O)cc1.CCC(C)(C)C(=O)Nc1ccc(O)cc1.CCC(C)(C)C(=O)OC.CCC(C)(C)C(=O)OC.CCC(C)(C)C(=O)OC.CCCOC(=O)C(C)(C)CC.CCOC(=O)C(C)(C)CC. The maximum absolute atomic E-state index is 12.2. The average Bonchev–Trinajstić information content (AvgIpc) is 0.812. The first kappa shape index (κ1) is 124. The van der Waals surface area contributed by atoms with Gasteiger partial charge in [-0.3, -0.25) is 47.9 Å². The van der Waals surface area contributed by atoms with Crippen LogP contribution in [-0.4, -0.2) is 125 Å². The van der Waals surface area contributed by atoms with Gasteiger partial charge in [-0.25, -0.2) is 4.79 Å². The normalized spacial score (nSPS) is 11.2. The van der Waals surface area contributed by atoms with Crippen molar-refractivity contribution in [3.63, 3.8) is 0 Å². The van der Waals surface area contributed by atoms with Gasteiger partial charge in [0.2, 0.25) is 29.5 Å². The van der Waals surface area contributed by atoms with E-state index in [0.717, 1.165) is 87.1 Å². The van der Waals surface area contributed by atoms with E-state index in [2.05, 4.69) is 40.8 Å². The van der Waals surface area contributed by atoms with Crippen molar-refractivity contribution in [3.8, 4) is 23.0 Å². The van der Waals surface area contributed by atoms with Gasteiger partial charge in [-0.2, -0.15) is 0 Å². The molecule has 26 nitrogen and oxygen atoms in total. The van der Waals surface area contributed by atoms with Crippen LogP contribution in [0.25, 0.3) is 10.8 Å². The van der Waals surface area contributed by atoms with Gasteiger partial charge in [0.1, 0.15) is 23.0 Å². The van der Waals surface area contributed by atoms with Crippen molar-refractivity contribution >= 4 is 105 Å². The minimum Gasteiger partial charge on any atom is -0.508 e. The van der Waals surface area contributed by atoms with E-state index in [-0.39, 0.29) is 131 Å². The minimum atomic E-state index is -0.975. The number of benzene rings is 6. The quantitative estimate of drug-likeness (QED) is 0.0118. The number of hydrogen-bond donors (Lipinski definition) is 10. The van der Waals surface area contributed by atoms with Gasteiger partial charge >= 0.3 is 35.8 Å². The number of phenols is 4. The summed E-state index contributed by atoms with van der Waals surface area (Å²) in [5, 5.41) is 61.6. The summed E-state index contributed by atoms with van der Waals surface area (Å²) in [6.45, 7) is 62.5. The van der Waals surface area contributed by atoms with Gasteiger partial charge < -0.3 is 75.8 Å². The van der Waals surface area contributed by atoms with Crippen molar-refractivity contribution < 1.29 is 102 Å². The number of carboxylic acid groups (broad SMARTS) is 1. The molecule has 6 rings (SSSR count). The van der Waals surface area contributed by atoms with Crippen molar-refractivity contribution in [2.45, 2.75) is 292 Å². The number of aromatic hydroxyl groups is 4. The Labute approximate surface area is 772 Å². The Kier molecular flexibility index (Phi) is 57.0. The van der Waals surface area contributed by atoms with Crippen LogP contribution in [0.4, 0.5) is 28.4 Å². The first-order chi connectivity index (χ1) is 59.4. The Morgan fingerprint density at radius 2 is 0.496 bits per heavy atom. The highest BCUT2D eigenvalue weighted by Gasteiger charge is 2.33. The number of carbonyl (C=O) groups is 11. The van der Waals surface area contributed by atoms with Crippen LogP contribution < -0.4 is 26.6 Å². The molecule has 26 heteroatoms. The molecule has 6 aromatic carbocycles. The Balaban J connectivity index is -0.000000680. The topological polar surface area (TPSA) is 395 Å². The number of anilines is 5. The molecule has 10 N–H and O–H groups in total. The standard InChI is InChI=1S/C16H19NO2.C13H17NO3.3C12H17NO2.C9H18O2.C8H16O2.3C7H14O2/c1-4-16(2,3)15(19)17-13-9-10-14(18)12-8-6-5-7-11(12)13;1-4-13(2,3)12(17)14-10-7-5-9(6-8-10)11(15)16;3*1-4-12(2,3)11(15)13-9-5-7-10(14)8-6-9;1-5-7-11-8(10)9(3,4)6-2;1-5-8(3,4)7(9)10-6-2;3*1-5-7(2,3)6(8)9-4/h5-10,18H,4H2,1-3H3,(H,17,19);5-8H,4H2,1-3H3,(H,14,17)(H,15,16);3*5-8,14H,4H2,1-3H3,(H,13,15);5-7H2,1-4H3;5-6H2,1-4H3;3*5H2,1-4H3. The fraction of sp³-hybridized carbons (Fsp3) is 0.563. The predicted octanol–water partition coefficient (Wildman–Crippen LogP) is 24.1. The highest BCUT2D eigenvalue weighted by molar-refractivity contribution is 6.06. The van der Waals surface area contributed by atoms with E-state index in [1.807, 2.05) is 246 Å². The fourth-order valence-corrected chi connectivity index (χ4v) is 8.29. The molecule has 0 aliphatic rings. The molecule has 0 radical (unpaired) electrons. The second-order valence-corrected chi connectivity index (χ2v) is 37.2. The largest absolute Gasteiger partial charge is 0.508 e. The summed E-state index contributed by atoms with van der Waals surface area (Å²) in [6, 6.07) is 36.3. The lowest BCUT2D eigenvalue weighted by Gasteiger charge is -2.22. The Bertz CT molecular complexity index is 4130. The van der Waals surface area contributed by atoms with Crippen LogP contribution in [0.1, 0.15) is 303 Å². The number of fused-ring (bicyclic) bond motifs is 1. The zero-order valence-corrected chi connectivity index (χ0v) is 84.7. The van der Waals surface area contributed by atoms with Crippen LogP contribution in [-0.2, 0) is 71.6 Å². The number of nitrogens with one attached hydrogen (secondary N) is 5. The molecule has 5 amide bonds. The predicted molar refractivity (Wildman–Crippen MR) is 521 cm³/mol. The van der Waals surface area contributed by atoms with Crippen molar-refractivity contribution in [2.24, 2.45) is 54.1 Å². The number of ether oxygens (including phenoxy) is 5. The smallest absolute Gasteiger partial charge is 0.335 e. The van der Waals surface area contributed by atoms with Crippen LogP contribution in [0, 0.1) is 54.1 Å². The number of amides is 5. The maximum atomic E-state index is 12.2. The second-order valence-electron chi connectivity index (χ2n) is 37.2. The number of rotatable bonds is 29. The molecule has 0 saturated carbocycles. The van der Waals surface area contributed by atoms with E-state index in [0.29, 0.717) is 36.0 Å². The number of aromatic carboxylic acids is 1. The summed E-state index contributed by atoms with van der Waals surface area (Å²) in [5.41, 5.74) is 0.207. The number of phenolic OH excluding ortho intramolecular Hbond substituents is 4. The summed E-state index contributed by atoms with van der Waals surface area (Å²) < 4.78 is 23.6. The van der Waals surface area contributed by atoms with Crippen molar-refractivity contribution in [3.05, 3.63) is 139 Å². The molecule has 6 aromatic rings. The van der Waals surface area contributed by atoms with E-state index in [1.54, 1.807) is 97.1 Å². The fourth-order valence-electron chi connectivity index (χ4n) is 8.29. The van der Waals surface area contributed by atoms with Gasteiger partial charge in [-0.1, -0.05) is 170 Å². The lowest BCUT2D eigenvalue weighted by Crippen LogP contribution is -2.30. The molecule has 726 valence electrons. The summed E-state index contributed by atoms with van der Waals surface area (Å²) in [7, 11) is 4.25. The Morgan fingerprint density at radius 1 is 0.271 bits per heavy atom. The zero-order valence-electron chi connectivity index (χ0n) is 84.7. The van der Waals surface area contributed by atoms with E-state index in [4.69, 9.17) is 29.9 Å². The third-order valence-electron chi connectivity index (χ3n) is 22.9. The number of methoxy groups -OCH3 is 3. The molecule has 0 aromatic heterocycles. The third kappa shape index (κ3) is 47.7. The Morgan fingerprint density at radius 3 is 0.713 bits per heavy atom. The summed E-state index contributed by atoms with van der Waals surface area (Å²) in [4.78, 5) is 125. The van der Waals surface area contributed by atoms with Gasteiger partial charge in [-0.15, -0.1) is 0 Å². The molecule has 0 atom stereocenters. The summed E-state index contributed by atoms with van der Waals surface area (Å²) in [5.74, 6) is -0.830. The van der Waals surface area contributed by atoms with Gasteiger partial charge in [0.05, 0.1) is 67.2 Å². The molecule has 0 spiro atoms. The van der Waals surface area contributed by atoms with E-state index < -0.39 is 16.8 Å². The first-order valence-electron chi connectivity index (χ1n) is 44.5. The van der Waals surface area contributed by atoms with E-state index >= 15 is 0 Å². The van der Waals surface area contributed by atoms with Crippen LogP contribution in [0.15, 0.2) is 133 Å².